The van der Waals surface area contributed by atoms with Crippen molar-refractivity contribution in [2.24, 2.45) is 0 Å². The van der Waals surface area contributed by atoms with Crippen molar-refractivity contribution in [1.29, 1.82) is 0 Å². The van der Waals surface area contributed by atoms with E-state index in [-0.39, 0.29) is 0 Å². The molecule has 0 amide bonds. The van der Waals surface area contributed by atoms with Crippen molar-refractivity contribution in [2.75, 3.05) is 13.2 Å². The Hall–Kier alpha value is -2.14. The van der Waals surface area contributed by atoms with E-state index < -0.39 is 0 Å². The number of hydrogen-bond donors (Lipinski definition) is 0. The Balaban J connectivity index is 1.87. The van der Waals surface area contributed by atoms with Crippen molar-refractivity contribution >= 4 is 40.0 Å². The second-order valence-electron chi connectivity index (χ2n) is 7.80. The third-order valence-electron chi connectivity index (χ3n) is 5.87. The zero-order valence-corrected chi connectivity index (χ0v) is 19.3. The molecule has 4 heteroatoms. The van der Waals surface area contributed by atoms with Crippen molar-refractivity contribution < 1.29 is 9.47 Å². The lowest BCUT2D eigenvalue weighted by Gasteiger charge is -2.21. The average molecular weight is 432 g/mol. The second kappa shape index (κ2) is 8.54. The van der Waals surface area contributed by atoms with Crippen LogP contribution in [0.15, 0.2) is 60.7 Å². The molecule has 0 bridgehead atoms. The van der Waals surface area contributed by atoms with Gasteiger partial charge in [0.2, 0.25) is 0 Å². The maximum absolute atomic E-state index is 6.32. The summed E-state index contributed by atoms with van der Waals surface area (Å²) in [5, 5.41) is 4.89. The third-order valence-corrected chi connectivity index (χ3v) is 6.81. The summed E-state index contributed by atoms with van der Waals surface area (Å²) in [6.07, 6.45) is 3.88. The Bertz CT molecular complexity index is 1140. The smallest absolute Gasteiger partial charge is 0.127 e. The van der Waals surface area contributed by atoms with Gasteiger partial charge in [-0.05, 0) is 70.0 Å². The summed E-state index contributed by atoms with van der Waals surface area (Å²) in [6.45, 7) is 1.42. The van der Waals surface area contributed by atoms with Crippen molar-refractivity contribution in [3.05, 3.63) is 71.8 Å². The molecule has 2 atom stereocenters. The first-order valence-corrected chi connectivity index (χ1v) is 12.2. The van der Waals surface area contributed by atoms with E-state index in [4.69, 9.17) is 9.47 Å². The summed E-state index contributed by atoms with van der Waals surface area (Å²) in [5.41, 5.74) is 4.91. The molecule has 2 nitrogen and oxygen atoms in total. The van der Waals surface area contributed by atoms with Crippen LogP contribution in [-0.4, -0.2) is 13.2 Å². The molecule has 1 aliphatic heterocycles. The van der Waals surface area contributed by atoms with Crippen LogP contribution in [0.1, 0.15) is 24.0 Å². The lowest BCUT2D eigenvalue weighted by Crippen LogP contribution is -2.07. The van der Waals surface area contributed by atoms with Crippen molar-refractivity contribution in [3.63, 3.8) is 0 Å². The molecule has 1 aliphatic rings. The van der Waals surface area contributed by atoms with Gasteiger partial charge in [0.15, 0.2) is 0 Å². The SMILES string of the molecule is PCc1ccc2c3c(ccc2c1)OCCCCOc1ccc2cc(CP)ccc2c1-3. The number of hydrogen-bond acceptors (Lipinski definition) is 2. The highest BCUT2D eigenvalue weighted by molar-refractivity contribution is 7.15. The van der Waals surface area contributed by atoms with Crippen LogP contribution in [0.25, 0.3) is 32.7 Å². The fourth-order valence-electron chi connectivity index (χ4n) is 4.30. The molecule has 2 unspecified atom stereocenters. The highest BCUT2D eigenvalue weighted by atomic mass is 31.0. The Morgan fingerprint density at radius 2 is 1.07 bits per heavy atom. The Kier molecular flexibility index (Phi) is 5.64. The minimum absolute atomic E-state index is 0.711. The molecule has 4 aromatic carbocycles. The van der Waals surface area contributed by atoms with Gasteiger partial charge >= 0.3 is 0 Å². The summed E-state index contributed by atoms with van der Waals surface area (Å²) in [5.74, 6) is 1.88. The van der Waals surface area contributed by atoms with Crippen LogP contribution >= 0.6 is 18.5 Å². The van der Waals surface area contributed by atoms with Crippen LogP contribution in [0.2, 0.25) is 0 Å². The first-order valence-electron chi connectivity index (χ1n) is 10.6. The molecule has 30 heavy (non-hydrogen) atoms. The van der Waals surface area contributed by atoms with Gasteiger partial charge in [-0.1, -0.05) is 48.5 Å². The number of fused-ring (bicyclic) bond motifs is 7. The van der Waals surface area contributed by atoms with Gasteiger partial charge in [0.1, 0.15) is 11.5 Å². The predicted molar refractivity (Wildman–Crippen MR) is 134 cm³/mol. The van der Waals surface area contributed by atoms with Crippen LogP contribution in [-0.2, 0) is 12.3 Å². The third kappa shape index (κ3) is 3.58. The lowest BCUT2D eigenvalue weighted by atomic mass is 9.91. The zero-order valence-electron chi connectivity index (χ0n) is 17.0. The molecule has 152 valence electrons. The quantitative estimate of drug-likeness (QED) is 0.319. The fraction of sp³-hybridized carbons (Fsp3) is 0.231. The zero-order chi connectivity index (χ0) is 20.5. The van der Waals surface area contributed by atoms with E-state index >= 15 is 0 Å². The molecule has 0 fully saturated rings. The van der Waals surface area contributed by atoms with E-state index in [9.17, 15) is 0 Å². The summed E-state index contributed by atoms with van der Waals surface area (Å²) in [6, 6.07) is 22.1. The molecule has 5 rings (SSSR count). The Labute approximate surface area is 182 Å². The number of benzene rings is 4. The topological polar surface area (TPSA) is 18.5 Å². The van der Waals surface area contributed by atoms with E-state index in [0.29, 0.717) is 13.2 Å². The number of ether oxygens (including phenoxy) is 2. The van der Waals surface area contributed by atoms with E-state index in [2.05, 4.69) is 79.1 Å². The Morgan fingerprint density at radius 3 is 1.50 bits per heavy atom. The summed E-state index contributed by atoms with van der Waals surface area (Å²) < 4.78 is 12.6. The van der Waals surface area contributed by atoms with Gasteiger partial charge in [0.05, 0.1) is 13.2 Å². The molecule has 0 aromatic heterocycles. The molecule has 0 spiro atoms. The molecule has 0 N–H and O–H groups in total. The molecule has 0 aliphatic carbocycles. The van der Waals surface area contributed by atoms with Gasteiger partial charge in [-0.15, -0.1) is 18.5 Å². The predicted octanol–water partition coefficient (Wildman–Crippen LogP) is 6.96. The largest absolute Gasteiger partial charge is 0.493 e. The minimum atomic E-state index is 0.711. The van der Waals surface area contributed by atoms with E-state index in [0.717, 1.165) is 47.8 Å². The van der Waals surface area contributed by atoms with Crippen LogP contribution < -0.4 is 9.47 Å². The minimum Gasteiger partial charge on any atom is -0.493 e. The summed E-state index contributed by atoms with van der Waals surface area (Å²) in [7, 11) is 5.63. The first-order chi connectivity index (χ1) is 14.8. The van der Waals surface area contributed by atoms with Gasteiger partial charge in [-0.25, -0.2) is 0 Å². The molecule has 0 saturated carbocycles. The highest BCUT2D eigenvalue weighted by Crippen LogP contribution is 2.46. The lowest BCUT2D eigenvalue weighted by molar-refractivity contribution is 0.264. The first kappa shape index (κ1) is 19.8. The van der Waals surface area contributed by atoms with Crippen molar-refractivity contribution in [1.82, 2.24) is 0 Å². The molecule has 1 heterocycles. The maximum atomic E-state index is 6.32. The Morgan fingerprint density at radius 1 is 0.600 bits per heavy atom. The van der Waals surface area contributed by atoms with Gasteiger partial charge in [0.25, 0.3) is 0 Å². The van der Waals surface area contributed by atoms with E-state index in [1.165, 1.54) is 32.7 Å². The summed E-state index contributed by atoms with van der Waals surface area (Å²) >= 11 is 0. The average Bonchev–Trinajstić information content (AvgIpc) is 2.80. The van der Waals surface area contributed by atoms with Crippen molar-refractivity contribution in [3.8, 4) is 22.6 Å². The van der Waals surface area contributed by atoms with Gasteiger partial charge in [-0.2, -0.15) is 0 Å². The van der Waals surface area contributed by atoms with Gasteiger partial charge in [-0.3, -0.25) is 0 Å². The van der Waals surface area contributed by atoms with Crippen LogP contribution in [0.3, 0.4) is 0 Å². The maximum Gasteiger partial charge on any atom is 0.127 e. The molecular formula is C26H26O2P2. The number of rotatable bonds is 2. The fourth-order valence-corrected chi connectivity index (χ4v) is 4.81. The molecule has 0 saturated heterocycles. The van der Waals surface area contributed by atoms with E-state index in [1.54, 1.807) is 0 Å². The van der Waals surface area contributed by atoms with Crippen LogP contribution in [0.4, 0.5) is 0 Å². The molecule has 0 radical (unpaired) electrons. The van der Waals surface area contributed by atoms with Gasteiger partial charge in [0, 0.05) is 11.1 Å². The van der Waals surface area contributed by atoms with Crippen LogP contribution in [0.5, 0.6) is 11.5 Å². The molecular weight excluding hydrogens is 406 g/mol. The normalized spacial score (nSPS) is 13.9. The van der Waals surface area contributed by atoms with Gasteiger partial charge < -0.3 is 9.47 Å². The van der Waals surface area contributed by atoms with E-state index in [1.807, 2.05) is 0 Å². The highest BCUT2D eigenvalue weighted by Gasteiger charge is 2.20. The standard InChI is InChI=1S/C26H26O2P2/c29-15-17-3-7-21-19(13-17)5-9-23-25(21)26-22-8-4-18(16-30)14-20(22)6-10-24(26)28-12-2-1-11-27-23/h3-10,13-14H,1-2,11-12,15-16,29-30H2. The summed E-state index contributed by atoms with van der Waals surface area (Å²) in [4.78, 5) is 0. The monoisotopic (exact) mass is 432 g/mol. The molecule has 4 aromatic rings. The van der Waals surface area contributed by atoms with Crippen LogP contribution in [0, 0.1) is 0 Å². The van der Waals surface area contributed by atoms with Crippen molar-refractivity contribution in [2.45, 2.75) is 25.2 Å². The second-order valence-corrected chi connectivity index (χ2v) is 8.62.